The second-order valence-electron chi connectivity index (χ2n) is 12.0. The molecule has 47 heavy (non-hydrogen) atoms. The molecule has 0 aliphatic carbocycles. The fraction of sp³-hybridized carbons (Fsp3) is 0.359. The maximum Gasteiger partial charge on any atom is 0.295 e. The van der Waals surface area contributed by atoms with Crippen molar-refractivity contribution in [3.05, 3.63) is 90.5 Å². The highest BCUT2D eigenvalue weighted by atomic mass is 32.2. The molecule has 0 amide bonds. The van der Waals surface area contributed by atoms with Gasteiger partial charge in [-0.15, -0.1) is 0 Å². The van der Waals surface area contributed by atoms with Crippen molar-refractivity contribution in [2.24, 2.45) is 0 Å². The van der Waals surface area contributed by atoms with Gasteiger partial charge in [-0.25, -0.2) is 0 Å². The van der Waals surface area contributed by atoms with Crippen molar-refractivity contribution < 1.29 is 22.5 Å². The Bertz CT molecular complexity index is 1730. The molecule has 0 fully saturated rings. The minimum Gasteiger partial charge on any atom is -0.494 e. The Morgan fingerprint density at radius 3 is 2.13 bits per heavy atom. The van der Waals surface area contributed by atoms with Gasteiger partial charge < -0.3 is 9.64 Å². The standard InChI is InChI=1S/C39H47NO5S2/c1-5-7-9-10-11-12-17-37(41)30-18-24-36(40(3)4)35(27-30)34-16-14-13-15-33(34)29-19-25-38(39(28-29)47(42,43)44)46-32-22-20-31(21-23-32)45-26-8-6-2/h13-16,18-25,27-28H,5-12,17,26H2,1-4H3,(H,42,43,44). The lowest BCUT2D eigenvalue weighted by Crippen LogP contribution is -2.11. The van der Waals surface area contributed by atoms with Crippen molar-refractivity contribution in [3.8, 4) is 28.0 Å². The first-order chi connectivity index (χ1) is 22.6. The zero-order valence-corrected chi connectivity index (χ0v) is 29.6. The molecule has 0 aliphatic rings. The number of anilines is 1. The smallest absolute Gasteiger partial charge is 0.295 e. The average Bonchev–Trinajstić information content (AvgIpc) is 3.06. The van der Waals surface area contributed by atoms with Crippen LogP contribution in [0.4, 0.5) is 5.69 Å². The van der Waals surface area contributed by atoms with Crippen LogP contribution in [0, 0.1) is 0 Å². The van der Waals surface area contributed by atoms with E-state index in [2.05, 4.69) is 13.8 Å². The maximum atomic E-state index is 13.3. The molecule has 0 bridgehead atoms. The highest BCUT2D eigenvalue weighted by Crippen LogP contribution is 2.41. The Balaban J connectivity index is 1.66. The number of hydrogen-bond donors (Lipinski definition) is 1. The van der Waals surface area contributed by atoms with Crippen LogP contribution in [-0.2, 0) is 10.1 Å². The van der Waals surface area contributed by atoms with Crippen LogP contribution in [0.25, 0.3) is 22.3 Å². The number of benzene rings is 4. The lowest BCUT2D eigenvalue weighted by Gasteiger charge is -2.21. The van der Waals surface area contributed by atoms with Crippen LogP contribution in [0.15, 0.2) is 99.6 Å². The number of rotatable bonds is 18. The summed E-state index contributed by atoms with van der Waals surface area (Å²) in [5.41, 5.74) is 4.80. The molecule has 0 atom stereocenters. The van der Waals surface area contributed by atoms with E-state index in [1.807, 2.05) is 91.8 Å². The fourth-order valence-electron chi connectivity index (χ4n) is 5.52. The van der Waals surface area contributed by atoms with E-state index in [0.29, 0.717) is 29.1 Å². The largest absolute Gasteiger partial charge is 0.494 e. The molecule has 0 saturated heterocycles. The van der Waals surface area contributed by atoms with E-state index in [-0.39, 0.29) is 10.7 Å². The molecule has 0 unspecified atom stereocenters. The third-order valence-corrected chi connectivity index (χ3v) is 10.2. The first kappa shape index (κ1) is 36.2. The lowest BCUT2D eigenvalue weighted by molar-refractivity contribution is 0.0979. The van der Waals surface area contributed by atoms with E-state index in [0.717, 1.165) is 65.1 Å². The van der Waals surface area contributed by atoms with Crippen molar-refractivity contribution in [2.45, 2.75) is 86.3 Å². The third kappa shape index (κ3) is 10.2. The predicted octanol–water partition coefficient (Wildman–Crippen LogP) is 10.6. The minimum atomic E-state index is -4.54. The molecule has 0 saturated carbocycles. The molecular weight excluding hydrogens is 627 g/mol. The van der Waals surface area contributed by atoms with E-state index < -0.39 is 10.1 Å². The molecule has 8 heteroatoms. The number of carbonyl (C=O) groups is 1. The first-order valence-corrected chi connectivity index (χ1v) is 18.8. The van der Waals surface area contributed by atoms with Gasteiger partial charge in [0.25, 0.3) is 10.1 Å². The summed E-state index contributed by atoms with van der Waals surface area (Å²) in [5, 5.41) is 0. The minimum absolute atomic E-state index is 0.125. The summed E-state index contributed by atoms with van der Waals surface area (Å²) in [6, 6.07) is 26.2. The molecule has 0 radical (unpaired) electrons. The van der Waals surface area contributed by atoms with E-state index >= 15 is 0 Å². The van der Waals surface area contributed by atoms with Gasteiger partial charge in [-0.1, -0.05) is 94.5 Å². The van der Waals surface area contributed by atoms with Crippen LogP contribution in [-0.4, -0.2) is 39.5 Å². The van der Waals surface area contributed by atoms with Gasteiger partial charge in [0, 0.05) is 47.1 Å². The van der Waals surface area contributed by atoms with E-state index in [4.69, 9.17) is 4.74 Å². The topological polar surface area (TPSA) is 83.9 Å². The van der Waals surface area contributed by atoms with Gasteiger partial charge in [-0.2, -0.15) is 8.42 Å². The number of ether oxygens (including phenoxy) is 1. The zero-order valence-electron chi connectivity index (χ0n) is 28.0. The Morgan fingerprint density at radius 1 is 0.766 bits per heavy atom. The maximum absolute atomic E-state index is 13.3. The quantitative estimate of drug-likeness (QED) is 0.0639. The molecule has 4 rings (SSSR count). The van der Waals surface area contributed by atoms with Crippen molar-refractivity contribution >= 4 is 33.4 Å². The van der Waals surface area contributed by atoms with Crippen molar-refractivity contribution in [1.29, 1.82) is 0 Å². The second-order valence-corrected chi connectivity index (χ2v) is 14.5. The monoisotopic (exact) mass is 673 g/mol. The van der Waals surface area contributed by atoms with Gasteiger partial charge in [0.15, 0.2) is 5.78 Å². The molecule has 6 nitrogen and oxygen atoms in total. The fourth-order valence-corrected chi connectivity index (χ4v) is 7.38. The Morgan fingerprint density at radius 2 is 1.45 bits per heavy atom. The summed E-state index contributed by atoms with van der Waals surface area (Å²) < 4.78 is 41.4. The summed E-state index contributed by atoms with van der Waals surface area (Å²) in [4.78, 5) is 16.4. The number of ketones is 1. The number of Topliss-reactive ketones (excluding diaryl/α,β-unsaturated/α-hetero) is 1. The molecule has 0 aromatic heterocycles. The molecule has 0 aliphatic heterocycles. The summed E-state index contributed by atoms with van der Waals surface area (Å²) in [7, 11) is -0.612. The lowest BCUT2D eigenvalue weighted by atomic mass is 9.91. The van der Waals surface area contributed by atoms with Crippen LogP contribution in [0.3, 0.4) is 0 Å². The van der Waals surface area contributed by atoms with Crippen LogP contribution >= 0.6 is 11.8 Å². The zero-order chi connectivity index (χ0) is 33.8. The SMILES string of the molecule is CCCCCCCCC(=O)c1ccc(N(C)C)c(-c2ccccc2-c2ccc(Sc3ccc(OCCCC)cc3)c(S(=O)(=O)O)c2)c1. The van der Waals surface area contributed by atoms with Crippen LogP contribution in [0.2, 0.25) is 0 Å². The summed E-state index contributed by atoms with van der Waals surface area (Å²) in [6.45, 7) is 4.96. The Kier molecular flexibility index (Phi) is 13.5. The predicted molar refractivity (Wildman–Crippen MR) is 195 cm³/mol. The van der Waals surface area contributed by atoms with Crippen molar-refractivity contribution in [2.75, 3.05) is 25.6 Å². The van der Waals surface area contributed by atoms with E-state index in [1.54, 1.807) is 6.07 Å². The highest BCUT2D eigenvalue weighted by molar-refractivity contribution is 8.00. The molecule has 4 aromatic carbocycles. The van der Waals surface area contributed by atoms with Gasteiger partial charge in [0.2, 0.25) is 0 Å². The van der Waals surface area contributed by atoms with E-state index in [9.17, 15) is 17.8 Å². The molecule has 1 N–H and O–H groups in total. The normalized spacial score (nSPS) is 11.4. The summed E-state index contributed by atoms with van der Waals surface area (Å²) in [6.07, 6.45) is 9.28. The molecule has 4 aromatic rings. The van der Waals surface area contributed by atoms with E-state index in [1.165, 1.54) is 37.1 Å². The highest BCUT2D eigenvalue weighted by Gasteiger charge is 2.21. The molecule has 0 heterocycles. The van der Waals surface area contributed by atoms with Gasteiger partial charge in [0.1, 0.15) is 10.6 Å². The van der Waals surface area contributed by atoms with Crippen molar-refractivity contribution in [3.63, 3.8) is 0 Å². The van der Waals surface area contributed by atoms with Crippen LogP contribution < -0.4 is 9.64 Å². The van der Waals surface area contributed by atoms with Gasteiger partial charge >= 0.3 is 0 Å². The second kappa shape index (κ2) is 17.5. The van der Waals surface area contributed by atoms with Gasteiger partial charge in [-0.05, 0) is 84.1 Å². The summed E-state index contributed by atoms with van der Waals surface area (Å²) >= 11 is 1.27. The molecule has 0 spiro atoms. The van der Waals surface area contributed by atoms with Gasteiger partial charge in [-0.3, -0.25) is 9.35 Å². The first-order valence-electron chi connectivity index (χ1n) is 16.6. The number of nitrogens with zero attached hydrogens (tertiary/aromatic N) is 1. The van der Waals surface area contributed by atoms with Crippen molar-refractivity contribution in [1.82, 2.24) is 0 Å². The number of hydrogen-bond acceptors (Lipinski definition) is 6. The van der Waals surface area contributed by atoms with Gasteiger partial charge in [0.05, 0.1) is 6.61 Å². The average molecular weight is 674 g/mol. The third-order valence-electron chi connectivity index (χ3n) is 8.13. The van der Waals surface area contributed by atoms with Crippen LogP contribution in [0.1, 0.15) is 82.0 Å². The molecule has 250 valence electrons. The number of unbranched alkanes of at least 4 members (excludes halogenated alkanes) is 6. The Hall–Kier alpha value is -3.59. The number of carbonyl (C=O) groups excluding carboxylic acids is 1. The molecular formula is C39H47NO5S2. The summed E-state index contributed by atoms with van der Waals surface area (Å²) in [5.74, 6) is 0.884. The van der Waals surface area contributed by atoms with Crippen LogP contribution in [0.5, 0.6) is 5.75 Å². The Labute approximate surface area is 285 Å².